The molecule has 9 heteroatoms. The van der Waals surface area contributed by atoms with Crippen LogP contribution < -0.4 is 10.6 Å². The van der Waals surface area contributed by atoms with Gasteiger partial charge in [-0.3, -0.25) is 9.59 Å². The van der Waals surface area contributed by atoms with Gasteiger partial charge in [0.1, 0.15) is 29.3 Å². The first kappa shape index (κ1) is 40.3. The molecule has 0 fully saturated rings. The number of rotatable bonds is 15. The van der Waals surface area contributed by atoms with Crippen molar-refractivity contribution in [1.29, 1.82) is 0 Å². The molecule has 2 rings (SSSR count). The van der Waals surface area contributed by atoms with E-state index in [-0.39, 0.29) is 18.9 Å². The first-order valence-corrected chi connectivity index (χ1v) is 17.3. The summed E-state index contributed by atoms with van der Waals surface area (Å²) in [6.45, 7) is 20.6. The molecule has 3 unspecified atom stereocenters. The van der Waals surface area contributed by atoms with E-state index in [1.54, 1.807) is 46.4 Å². The maximum atomic E-state index is 14.6. The predicted molar refractivity (Wildman–Crippen MR) is 190 cm³/mol. The van der Waals surface area contributed by atoms with Crippen molar-refractivity contribution >= 4 is 23.9 Å². The molecule has 0 aliphatic heterocycles. The number of aryl methyl sites for hydroxylation is 2. The topological polar surface area (TPSA) is 114 Å². The van der Waals surface area contributed by atoms with Crippen LogP contribution in [0.2, 0.25) is 0 Å². The van der Waals surface area contributed by atoms with Crippen LogP contribution in [0.5, 0.6) is 0 Å². The van der Waals surface area contributed by atoms with E-state index in [1.807, 2.05) is 76.2 Å². The van der Waals surface area contributed by atoms with Crippen LogP contribution >= 0.6 is 0 Å². The van der Waals surface area contributed by atoms with Crippen molar-refractivity contribution in [2.75, 3.05) is 6.54 Å². The van der Waals surface area contributed by atoms with E-state index < -0.39 is 53.2 Å². The minimum atomic E-state index is -1.08. The molecule has 0 aliphatic rings. The second kappa shape index (κ2) is 18.0. The Morgan fingerprint density at radius 3 is 1.96 bits per heavy atom. The summed E-state index contributed by atoms with van der Waals surface area (Å²) in [4.78, 5) is 57.3. The molecule has 0 radical (unpaired) electrons. The fourth-order valence-electron chi connectivity index (χ4n) is 5.28. The molecule has 0 heterocycles. The van der Waals surface area contributed by atoms with Crippen LogP contribution in [0.25, 0.3) is 0 Å². The molecule has 0 aliphatic carbocycles. The Bertz CT molecular complexity index is 1360. The summed E-state index contributed by atoms with van der Waals surface area (Å²) in [5.41, 5.74) is 1.94. The third-order valence-electron chi connectivity index (χ3n) is 7.84. The molecule has 0 saturated carbocycles. The van der Waals surface area contributed by atoms with Crippen LogP contribution in [0.4, 0.5) is 4.79 Å². The third-order valence-corrected chi connectivity index (χ3v) is 7.84. The summed E-state index contributed by atoms with van der Waals surface area (Å²) < 4.78 is 11.3. The molecule has 3 amide bonds. The van der Waals surface area contributed by atoms with E-state index in [0.29, 0.717) is 12.0 Å². The van der Waals surface area contributed by atoms with Crippen LogP contribution in [0, 0.1) is 19.8 Å². The van der Waals surface area contributed by atoms with Crippen molar-refractivity contribution in [1.82, 2.24) is 15.5 Å². The van der Waals surface area contributed by atoms with Gasteiger partial charge in [-0.25, -0.2) is 9.59 Å². The first-order chi connectivity index (χ1) is 22.3. The fourth-order valence-corrected chi connectivity index (χ4v) is 5.28. The summed E-state index contributed by atoms with van der Waals surface area (Å²) >= 11 is 0. The Morgan fingerprint density at radius 2 is 1.42 bits per heavy atom. The van der Waals surface area contributed by atoms with Gasteiger partial charge in [0.05, 0.1) is 0 Å². The Kier molecular flexibility index (Phi) is 15.1. The van der Waals surface area contributed by atoms with Crippen LogP contribution in [0.15, 0.2) is 48.5 Å². The van der Waals surface area contributed by atoms with E-state index in [9.17, 15) is 19.2 Å². The van der Waals surface area contributed by atoms with Gasteiger partial charge in [0.15, 0.2) is 0 Å². The first-order valence-electron chi connectivity index (χ1n) is 17.3. The Morgan fingerprint density at radius 1 is 0.792 bits per heavy atom. The van der Waals surface area contributed by atoms with Gasteiger partial charge in [-0.15, -0.1) is 0 Å². The monoisotopic (exact) mass is 665 g/mol. The molecule has 0 bridgehead atoms. The zero-order valence-corrected chi connectivity index (χ0v) is 31.1. The molecule has 0 spiro atoms. The van der Waals surface area contributed by atoms with Crippen molar-refractivity contribution in [3.63, 3.8) is 0 Å². The molecule has 0 aromatic heterocycles. The maximum absolute atomic E-state index is 14.6. The number of nitrogens with one attached hydrogen (secondary N) is 2. The van der Waals surface area contributed by atoms with Crippen molar-refractivity contribution in [2.45, 2.75) is 138 Å². The molecule has 2 aromatic carbocycles. The zero-order valence-electron chi connectivity index (χ0n) is 31.1. The van der Waals surface area contributed by atoms with Crippen molar-refractivity contribution < 1.29 is 28.7 Å². The van der Waals surface area contributed by atoms with Crippen molar-refractivity contribution in [3.8, 4) is 0 Å². The zero-order chi connectivity index (χ0) is 36.2. The van der Waals surface area contributed by atoms with E-state index in [1.165, 1.54) is 0 Å². The standard InChI is InChI=1S/C39H59N3O6/c1-12-13-14-18-23-42(35(44)32(26(2)3)41-37(46)48-39(9,10)11)33(30-22-21-27(4)28(5)24-30)34(43)40-31(36(45)47-38(6,7)8)25-29-19-16-15-17-20-29/h15-17,19-22,24,26,31-33H,12-14,18,23,25H2,1-11H3,(H,40,43)(H,41,46). The van der Waals surface area contributed by atoms with Gasteiger partial charge in [0, 0.05) is 13.0 Å². The number of esters is 1. The summed E-state index contributed by atoms with van der Waals surface area (Å²) in [6, 6.07) is 12.1. The third kappa shape index (κ3) is 13.3. The Balaban J connectivity index is 2.66. The molecule has 2 aromatic rings. The molecule has 266 valence electrons. The van der Waals surface area contributed by atoms with Crippen LogP contribution in [0.1, 0.15) is 116 Å². The van der Waals surface area contributed by atoms with Gasteiger partial charge in [-0.05, 0) is 90.0 Å². The molecular weight excluding hydrogens is 606 g/mol. The SMILES string of the molecule is CCCCCCN(C(=O)C(NC(=O)OC(C)(C)C)C(C)C)C(C(=O)NC(Cc1ccccc1)C(=O)OC(C)(C)C)c1ccc(C)c(C)c1. The van der Waals surface area contributed by atoms with Gasteiger partial charge in [0.25, 0.3) is 0 Å². The number of hydrogen-bond donors (Lipinski definition) is 2. The van der Waals surface area contributed by atoms with Gasteiger partial charge >= 0.3 is 12.1 Å². The number of hydrogen-bond acceptors (Lipinski definition) is 6. The quantitative estimate of drug-likeness (QED) is 0.152. The molecule has 9 nitrogen and oxygen atoms in total. The van der Waals surface area contributed by atoms with Gasteiger partial charge in [-0.1, -0.05) is 88.6 Å². The number of ether oxygens (including phenoxy) is 2. The highest BCUT2D eigenvalue weighted by Crippen LogP contribution is 2.27. The highest BCUT2D eigenvalue weighted by molar-refractivity contribution is 5.94. The van der Waals surface area contributed by atoms with Gasteiger partial charge in [-0.2, -0.15) is 0 Å². The molecular formula is C39H59N3O6. The molecule has 0 saturated heterocycles. The second-order valence-electron chi connectivity index (χ2n) is 15.0. The highest BCUT2D eigenvalue weighted by atomic mass is 16.6. The number of unbranched alkanes of at least 4 members (excludes halogenated alkanes) is 3. The Hall–Kier alpha value is -3.88. The summed E-state index contributed by atoms with van der Waals surface area (Å²) in [7, 11) is 0. The maximum Gasteiger partial charge on any atom is 0.408 e. The highest BCUT2D eigenvalue weighted by Gasteiger charge is 2.39. The lowest BCUT2D eigenvalue weighted by Gasteiger charge is -2.36. The average Bonchev–Trinajstić information content (AvgIpc) is 2.97. The number of amides is 3. The fraction of sp³-hybridized carbons (Fsp3) is 0.590. The van der Waals surface area contributed by atoms with Crippen LogP contribution in [-0.4, -0.2) is 58.6 Å². The largest absolute Gasteiger partial charge is 0.458 e. The number of carbonyl (C=O) groups is 4. The summed E-state index contributed by atoms with van der Waals surface area (Å²) in [6.07, 6.45) is 3.00. The summed E-state index contributed by atoms with van der Waals surface area (Å²) in [5.74, 6) is -1.78. The van der Waals surface area contributed by atoms with Crippen LogP contribution in [-0.2, 0) is 30.3 Å². The van der Waals surface area contributed by atoms with Gasteiger partial charge in [0.2, 0.25) is 11.8 Å². The van der Waals surface area contributed by atoms with E-state index >= 15 is 0 Å². The lowest BCUT2D eigenvalue weighted by Crippen LogP contribution is -2.56. The normalized spacial score (nSPS) is 13.7. The minimum absolute atomic E-state index is 0.209. The average molecular weight is 666 g/mol. The van der Waals surface area contributed by atoms with E-state index in [2.05, 4.69) is 17.6 Å². The number of alkyl carbamates (subject to hydrolysis) is 1. The summed E-state index contributed by atoms with van der Waals surface area (Å²) in [5, 5.41) is 5.76. The predicted octanol–water partition coefficient (Wildman–Crippen LogP) is 7.37. The Labute approximate surface area is 288 Å². The lowest BCUT2D eigenvalue weighted by molar-refractivity contribution is -0.159. The van der Waals surface area contributed by atoms with E-state index in [4.69, 9.17) is 9.47 Å². The smallest absolute Gasteiger partial charge is 0.408 e. The number of benzene rings is 2. The number of carbonyl (C=O) groups excluding carboxylic acids is 4. The van der Waals surface area contributed by atoms with E-state index in [0.717, 1.165) is 36.0 Å². The van der Waals surface area contributed by atoms with Crippen molar-refractivity contribution in [3.05, 3.63) is 70.8 Å². The van der Waals surface area contributed by atoms with Crippen molar-refractivity contribution in [2.24, 2.45) is 5.92 Å². The van der Waals surface area contributed by atoms with Gasteiger partial charge < -0.3 is 25.0 Å². The molecule has 48 heavy (non-hydrogen) atoms. The molecule has 3 atom stereocenters. The minimum Gasteiger partial charge on any atom is -0.458 e. The second-order valence-corrected chi connectivity index (χ2v) is 15.0. The van der Waals surface area contributed by atoms with Crippen LogP contribution in [0.3, 0.4) is 0 Å². The lowest BCUT2D eigenvalue weighted by atomic mass is 9.95. The number of nitrogens with zero attached hydrogens (tertiary/aromatic N) is 1. The molecule has 2 N–H and O–H groups in total.